The van der Waals surface area contributed by atoms with Crippen LogP contribution in [0.3, 0.4) is 0 Å². The van der Waals surface area contributed by atoms with Crippen LogP contribution in [0.2, 0.25) is 0 Å². The highest BCUT2D eigenvalue weighted by atomic mass is 32.2. The smallest absolute Gasteiger partial charge is 0.134 e. The van der Waals surface area contributed by atoms with Crippen molar-refractivity contribution in [2.75, 3.05) is 48.7 Å². The summed E-state index contributed by atoms with van der Waals surface area (Å²) in [5.41, 5.74) is 6.86. The molecule has 1 aromatic rings. The molecule has 0 radical (unpaired) electrons. The van der Waals surface area contributed by atoms with Crippen LogP contribution < -0.4 is 11.1 Å². The molecule has 1 fully saturated rings. The number of nitrogens with one attached hydrogen (secondary N) is 1. The molecule has 0 atom stereocenters. The summed E-state index contributed by atoms with van der Waals surface area (Å²) < 4.78 is 0. The molecule has 1 aliphatic heterocycles. The van der Waals surface area contributed by atoms with Crippen molar-refractivity contribution < 1.29 is 0 Å². The van der Waals surface area contributed by atoms with Gasteiger partial charge in [0.2, 0.25) is 0 Å². The molecular weight excluding hydrogens is 258 g/mol. The molecule has 0 aromatic carbocycles. The first-order valence-corrected chi connectivity index (χ1v) is 8.03. The SMILES string of the molecule is CCc1nc(N)c(C)c(NCCN2CCSCC2)n1. The number of hydrogen-bond acceptors (Lipinski definition) is 6. The Labute approximate surface area is 119 Å². The first-order chi connectivity index (χ1) is 9.20. The maximum absolute atomic E-state index is 5.91. The molecule has 2 heterocycles. The number of rotatable bonds is 5. The number of nitrogens with two attached hydrogens (primary N) is 1. The van der Waals surface area contributed by atoms with E-state index in [1.54, 1.807) is 0 Å². The molecule has 0 saturated carbocycles. The molecule has 1 aliphatic rings. The third kappa shape index (κ3) is 3.98. The van der Waals surface area contributed by atoms with Crippen LogP contribution in [-0.4, -0.2) is 52.6 Å². The third-order valence-electron chi connectivity index (χ3n) is 3.37. The van der Waals surface area contributed by atoms with E-state index in [1.165, 1.54) is 24.6 Å². The Morgan fingerprint density at radius 2 is 2.05 bits per heavy atom. The van der Waals surface area contributed by atoms with E-state index in [4.69, 9.17) is 5.73 Å². The minimum absolute atomic E-state index is 0.587. The summed E-state index contributed by atoms with van der Waals surface area (Å²) in [7, 11) is 0. The molecule has 19 heavy (non-hydrogen) atoms. The van der Waals surface area contributed by atoms with Crippen molar-refractivity contribution in [1.29, 1.82) is 0 Å². The molecule has 0 aliphatic carbocycles. The Hall–Kier alpha value is -1.01. The van der Waals surface area contributed by atoms with Gasteiger partial charge in [0.05, 0.1) is 0 Å². The van der Waals surface area contributed by atoms with E-state index < -0.39 is 0 Å². The van der Waals surface area contributed by atoms with Crippen molar-refractivity contribution in [3.05, 3.63) is 11.4 Å². The van der Waals surface area contributed by atoms with Gasteiger partial charge in [0.25, 0.3) is 0 Å². The Bertz CT molecular complexity index is 418. The van der Waals surface area contributed by atoms with Crippen LogP contribution in [0, 0.1) is 6.92 Å². The summed E-state index contributed by atoms with van der Waals surface area (Å²) in [6.45, 7) is 8.36. The predicted molar refractivity (Wildman–Crippen MR) is 82.8 cm³/mol. The summed E-state index contributed by atoms with van der Waals surface area (Å²) in [6, 6.07) is 0. The first-order valence-electron chi connectivity index (χ1n) is 6.87. The number of nitrogen functional groups attached to an aromatic ring is 1. The Balaban J connectivity index is 1.89. The molecule has 5 nitrogen and oxygen atoms in total. The van der Waals surface area contributed by atoms with Crippen molar-refractivity contribution in [3.63, 3.8) is 0 Å². The van der Waals surface area contributed by atoms with Gasteiger partial charge >= 0.3 is 0 Å². The minimum Gasteiger partial charge on any atom is -0.383 e. The van der Waals surface area contributed by atoms with Gasteiger partial charge in [0.1, 0.15) is 17.5 Å². The van der Waals surface area contributed by atoms with E-state index in [-0.39, 0.29) is 0 Å². The van der Waals surface area contributed by atoms with Crippen LogP contribution in [0.1, 0.15) is 18.3 Å². The fraction of sp³-hybridized carbons (Fsp3) is 0.692. The van der Waals surface area contributed by atoms with Crippen molar-refractivity contribution in [3.8, 4) is 0 Å². The van der Waals surface area contributed by atoms with Crippen molar-refractivity contribution in [2.45, 2.75) is 20.3 Å². The molecule has 106 valence electrons. The quantitative estimate of drug-likeness (QED) is 0.850. The van der Waals surface area contributed by atoms with Gasteiger partial charge in [-0.15, -0.1) is 0 Å². The first kappa shape index (κ1) is 14.4. The van der Waals surface area contributed by atoms with Crippen molar-refractivity contribution >= 4 is 23.4 Å². The van der Waals surface area contributed by atoms with E-state index in [1.807, 2.05) is 25.6 Å². The minimum atomic E-state index is 0.587. The van der Waals surface area contributed by atoms with Crippen LogP contribution in [0.4, 0.5) is 11.6 Å². The Morgan fingerprint density at radius 3 is 2.74 bits per heavy atom. The van der Waals surface area contributed by atoms with Gasteiger partial charge in [-0.1, -0.05) is 6.92 Å². The van der Waals surface area contributed by atoms with Gasteiger partial charge in [-0.3, -0.25) is 4.90 Å². The Morgan fingerprint density at radius 1 is 1.32 bits per heavy atom. The lowest BCUT2D eigenvalue weighted by Gasteiger charge is -2.26. The average molecular weight is 281 g/mol. The number of hydrogen-bond donors (Lipinski definition) is 2. The number of thioether (sulfide) groups is 1. The standard InChI is InChI=1S/C13H23N5S/c1-3-11-16-12(14)10(2)13(17-11)15-4-5-18-6-8-19-9-7-18/h3-9H2,1-2H3,(H3,14,15,16,17). The largest absolute Gasteiger partial charge is 0.383 e. The Kier molecular flexibility index (Phi) is 5.27. The monoisotopic (exact) mass is 281 g/mol. The van der Waals surface area contributed by atoms with E-state index in [9.17, 15) is 0 Å². The van der Waals surface area contributed by atoms with Gasteiger partial charge < -0.3 is 11.1 Å². The van der Waals surface area contributed by atoms with Crippen molar-refractivity contribution in [2.24, 2.45) is 0 Å². The molecular formula is C13H23N5S. The second-order valence-corrected chi connectivity index (χ2v) is 5.96. The highest BCUT2D eigenvalue weighted by Crippen LogP contribution is 2.17. The molecule has 3 N–H and O–H groups in total. The van der Waals surface area contributed by atoms with Gasteiger partial charge in [0, 0.05) is 49.7 Å². The lowest BCUT2D eigenvalue weighted by atomic mass is 10.3. The summed E-state index contributed by atoms with van der Waals surface area (Å²) in [4.78, 5) is 11.3. The zero-order valence-electron chi connectivity index (χ0n) is 11.8. The van der Waals surface area contributed by atoms with Gasteiger partial charge in [-0.2, -0.15) is 11.8 Å². The van der Waals surface area contributed by atoms with Crippen LogP contribution in [0.25, 0.3) is 0 Å². The molecule has 0 spiro atoms. The summed E-state index contributed by atoms with van der Waals surface area (Å²) in [5.74, 6) is 4.78. The normalized spacial score (nSPS) is 16.5. The highest BCUT2D eigenvalue weighted by Gasteiger charge is 2.11. The maximum atomic E-state index is 5.91. The molecule has 1 saturated heterocycles. The lowest BCUT2D eigenvalue weighted by Crippen LogP contribution is -2.36. The number of anilines is 2. The van der Waals surface area contributed by atoms with Gasteiger partial charge in [0.15, 0.2) is 0 Å². The molecule has 2 rings (SSSR count). The molecule has 0 bridgehead atoms. The number of nitrogens with zero attached hydrogens (tertiary/aromatic N) is 3. The molecule has 0 unspecified atom stereocenters. The molecule has 0 amide bonds. The summed E-state index contributed by atoms with van der Waals surface area (Å²) in [5, 5.41) is 3.40. The fourth-order valence-corrected chi connectivity index (χ4v) is 3.05. The van der Waals surface area contributed by atoms with E-state index >= 15 is 0 Å². The lowest BCUT2D eigenvalue weighted by molar-refractivity contribution is 0.314. The molecule has 1 aromatic heterocycles. The molecule has 6 heteroatoms. The van der Waals surface area contributed by atoms with Gasteiger partial charge in [-0.25, -0.2) is 9.97 Å². The summed E-state index contributed by atoms with van der Waals surface area (Å²) in [6.07, 6.45) is 0.808. The number of aryl methyl sites for hydroxylation is 1. The van der Waals surface area contributed by atoms with Crippen LogP contribution >= 0.6 is 11.8 Å². The van der Waals surface area contributed by atoms with Crippen LogP contribution in [0.5, 0.6) is 0 Å². The highest BCUT2D eigenvalue weighted by molar-refractivity contribution is 7.99. The second kappa shape index (κ2) is 6.96. The number of aromatic nitrogens is 2. The predicted octanol–water partition coefficient (Wildman–Crippen LogP) is 1.39. The third-order valence-corrected chi connectivity index (χ3v) is 4.31. The van der Waals surface area contributed by atoms with Gasteiger partial charge in [-0.05, 0) is 6.92 Å². The van der Waals surface area contributed by atoms with E-state index in [2.05, 4.69) is 20.2 Å². The van der Waals surface area contributed by atoms with Crippen LogP contribution in [0.15, 0.2) is 0 Å². The zero-order valence-corrected chi connectivity index (χ0v) is 12.6. The maximum Gasteiger partial charge on any atom is 0.134 e. The van der Waals surface area contributed by atoms with Crippen molar-refractivity contribution in [1.82, 2.24) is 14.9 Å². The second-order valence-electron chi connectivity index (χ2n) is 4.73. The average Bonchev–Trinajstić information content (AvgIpc) is 2.44. The van der Waals surface area contributed by atoms with Crippen LogP contribution in [-0.2, 0) is 6.42 Å². The van der Waals surface area contributed by atoms with E-state index in [0.717, 1.165) is 36.7 Å². The topological polar surface area (TPSA) is 67.1 Å². The van der Waals surface area contributed by atoms with E-state index in [0.29, 0.717) is 5.82 Å². The zero-order chi connectivity index (χ0) is 13.7. The summed E-state index contributed by atoms with van der Waals surface area (Å²) >= 11 is 2.04. The fourth-order valence-electron chi connectivity index (χ4n) is 2.07.